The highest BCUT2D eigenvalue weighted by Gasteiger charge is 2.34. The first-order valence-electron chi connectivity index (χ1n) is 6.64. The molecule has 0 radical (unpaired) electrons. The molecule has 1 fully saturated rings. The fourth-order valence-electron chi connectivity index (χ4n) is 2.43. The molecule has 2 rings (SSSR count). The van der Waals surface area contributed by atoms with E-state index in [-0.39, 0.29) is 18.0 Å². The Morgan fingerprint density at radius 3 is 2.60 bits per heavy atom. The Balaban J connectivity index is 2.39. The van der Waals surface area contributed by atoms with Crippen LogP contribution in [0, 0.1) is 0 Å². The second-order valence-corrected chi connectivity index (χ2v) is 4.90. The second kappa shape index (κ2) is 5.83. The third-order valence-electron chi connectivity index (χ3n) is 3.50. The van der Waals surface area contributed by atoms with Gasteiger partial charge in [0.05, 0.1) is 5.56 Å². The van der Waals surface area contributed by atoms with Crippen molar-refractivity contribution in [3.63, 3.8) is 0 Å². The van der Waals surface area contributed by atoms with E-state index in [9.17, 15) is 18.0 Å². The highest BCUT2D eigenvalue weighted by atomic mass is 19.4. The van der Waals surface area contributed by atoms with Crippen LogP contribution in [0.3, 0.4) is 0 Å². The zero-order valence-corrected chi connectivity index (χ0v) is 11.0. The van der Waals surface area contributed by atoms with Crippen LogP contribution in [0.5, 0.6) is 0 Å². The Morgan fingerprint density at radius 2 is 1.95 bits per heavy atom. The van der Waals surface area contributed by atoms with Gasteiger partial charge in [0.1, 0.15) is 0 Å². The Bertz CT molecular complexity index is 500. The number of carbonyl (C=O) groups is 1. The van der Waals surface area contributed by atoms with Crippen LogP contribution in [0.2, 0.25) is 0 Å². The summed E-state index contributed by atoms with van der Waals surface area (Å²) < 4.78 is 39.0. The van der Waals surface area contributed by atoms with Gasteiger partial charge >= 0.3 is 6.18 Å². The van der Waals surface area contributed by atoms with Gasteiger partial charge in [0.25, 0.3) is 0 Å². The Morgan fingerprint density at radius 1 is 1.20 bits per heavy atom. The van der Waals surface area contributed by atoms with E-state index in [1.165, 1.54) is 11.0 Å². The standard InChI is InChI=1S/C14H17F3N2O/c15-14(16,17)12-8-11(6-5-10(12)9-18)19-7-3-1-2-4-13(19)20/h5-6,8H,1-4,7,9,18H2. The van der Waals surface area contributed by atoms with E-state index in [1.807, 2.05) is 0 Å². The van der Waals surface area contributed by atoms with Crippen molar-refractivity contribution in [3.8, 4) is 0 Å². The van der Waals surface area contributed by atoms with Crippen LogP contribution in [0.15, 0.2) is 18.2 Å². The van der Waals surface area contributed by atoms with Gasteiger partial charge < -0.3 is 10.6 Å². The molecule has 110 valence electrons. The molecule has 1 saturated heterocycles. The predicted octanol–water partition coefficient (Wildman–Crippen LogP) is 3.07. The van der Waals surface area contributed by atoms with Crippen molar-refractivity contribution in [3.05, 3.63) is 29.3 Å². The monoisotopic (exact) mass is 286 g/mol. The molecule has 2 N–H and O–H groups in total. The normalized spacial score (nSPS) is 17.2. The maximum absolute atomic E-state index is 13.0. The van der Waals surface area contributed by atoms with Crippen LogP contribution in [0.1, 0.15) is 36.8 Å². The summed E-state index contributed by atoms with van der Waals surface area (Å²) in [4.78, 5) is 13.4. The molecule has 1 aromatic carbocycles. The smallest absolute Gasteiger partial charge is 0.326 e. The van der Waals surface area contributed by atoms with Crippen LogP contribution in [-0.2, 0) is 17.5 Å². The van der Waals surface area contributed by atoms with E-state index in [0.29, 0.717) is 18.7 Å². The first-order valence-corrected chi connectivity index (χ1v) is 6.64. The lowest BCUT2D eigenvalue weighted by Crippen LogP contribution is -2.30. The molecule has 1 amide bonds. The van der Waals surface area contributed by atoms with Gasteiger partial charge in [-0.3, -0.25) is 4.79 Å². The zero-order chi connectivity index (χ0) is 14.8. The number of alkyl halides is 3. The van der Waals surface area contributed by atoms with E-state index >= 15 is 0 Å². The van der Waals surface area contributed by atoms with E-state index in [2.05, 4.69) is 0 Å². The molecule has 0 spiro atoms. The van der Waals surface area contributed by atoms with Crippen LogP contribution in [0.4, 0.5) is 18.9 Å². The minimum Gasteiger partial charge on any atom is -0.326 e. The minimum absolute atomic E-state index is 0.0449. The largest absolute Gasteiger partial charge is 0.416 e. The molecular weight excluding hydrogens is 269 g/mol. The van der Waals surface area contributed by atoms with E-state index in [1.54, 1.807) is 6.07 Å². The number of hydrogen-bond acceptors (Lipinski definition) is 2. The van der Waals surface area contributed by atoms with Crippen LogP contribution in [-0.4, -0.2) is 12.5 Å². The Labute approximate surface area is 115 Å². The Hall–Kier alpha value is -1.56. The third kappa shape index (κ3) is 3.12. The van der Waals surface area contributed by atoms with Crippen LogP contribution < -0.4 is 10.6 Å². The molecule has 0 atom stereocenters. The summed E-state index contributed by atoms with van der Waals surface area (Å²) in [5, 5.41) is 0. The minimum atomic E-state index is -4.46. The summed E-state index contributed by atoms with van der Waals surface area (Å²) in [7, 11) is 0. The number of anilines is 1. The van der Waals surface area contributed by atoms with Gasteiger partial charge in [-0.2, -0.15) is 13.2 Å². The summed E-state index contributed by atoms with van der Waals surface area (Å²) in [5.74, 6) is -0.115. The number of halogens is 3. The van der Waals surface area contributed by atoms with Crippen molar-refractivity contribution in [2.75, 3.05) is 11.4 Å². The van der Waals surface area contributed by atoms with Crippen LogP contribution >= 0.6 is 0 Å². The SMILES string of the molecule is NCc1ccc(N2CCCCCC2=O)cc1C(F)(F)F. The molecule has 6 heteroatoms. The number of nitrogens with two attached hydrogens (primary N) is 1. The van der Waals surface area contributed by atoms with Gasteiger partial charge in [-0.25, -0.2) is 0 Å². The summed E-state index contributed by atoms with van der Waals surface area (Å²) in [6.07, 6.45) is -1.54. The summed E-state index contributed by atoms with van der Waals surface area (Å²) in [6.45, 7) is 0.293. The van der Waals surface area contributed by atoms with Crippen LogP contribution in [0.25, 0.3) is 0 Å². The quantitative estimate of drug-likeness (QED) is 0.908. The molecule has 1 aromatic rings. The van der Waals surface area contributed by atoms with Crippen molar-refractivity contribution >= 4 is 11.6 Å². The molecular formula is C14H17F3N2O. The average molecular weight is 286 g/mol. The molecule has 1 aliphatic rings. The molecule has 0 aliphatic carbocycles. The molecule has 0 unspecified atom stereocenters. The highest BCUT2D eigenvalue weighted by molar-refractivity contribution is 5.93. The predicted molar refractivity (Wildman–Crippen MR) is 70.2 cm³/mol. The Kier molecular flexibility index (Phi) is 4.32. The van der Waals surface area contributed by atoms with Gasteiger partial charge in [0.2, 0.25) is 5.91 Å². The van der Waals surface area contributed by atoms with Crippen molar-refractivity contribution < 1.29 is 18.0 Å². The molecule has 20 heavy (non-hydrogen) atoms. The third-order valence-corrected chi connectivity index (χ3v) is 3.50. The number of benzene rings is 1. The van der Waals surface area contributed by atoms with Gasteiger partial charge in [0.15, 0.2) is 0 Å². The first-order chi connectivity index (χ1) is 9.43. The number of nitrogens with zero attached hydrogens (tertiary/aromatic N) is 1. The fraction of sp³-hybridized carbons (Fsp3) is 0.500. The lowest BCUT2D eigenvalue weighted by molar-refractivity contribution is -0.138. The van der Waals surface area contributed by atoms with Gasteiger partial charge in [-0.1, -0.05) is 12.5 Å². The maximum atomic E-state index is 13.0. The molecule has 0 saturated carbocycles. The molecule has 3 nitrogen and oxygen atoms in total. The van der Waals surface area contributed by atoms with Gasteiger partial charge in [-0.15, -0.1) is 0 Å². The van der Waals surface area contributed by atoms with Crippen molar-refractivity contribution in [1.29, 1.82) is 0 Å². The molecule has 0 bridgehead atoms. The highest BCUT2D eigenvalue weighted by Crippen LogP contribution is 2.35. The van der Waals surface area contributed by atoms with Crippen molar-refractivity contribution in [1.82, 2.24) is 0 Å². The number of amides is 1. The zero-order valence-electron chi connectivity index (χ0n) is 11.0. The number of rotatable bonds is 2. The summed E-state index contributed by atoms with van der Waals surface area (Å²) >= 11 is 0. The van der Waals surface area contributed by atoms with Crippen molar-refractivity contribution in [2.24, 2.45) is 5.73 Å². The molecule has 0 aromatic heterocycles. The van der Waals surface area contributed by atoms with Crippen molar-refractivity contribution in [2.45, 2.75) is 38.4 Å². The maximum Gasteiger partial charge on any atom is 0.416 e. The van der Waals surface area contributed by atoms with Gasteiger partial charge in [-0.05, 0) is 30.5 Å². The number of carbonyl (C=O) groups excluding carboxylic acids is 1. The number of hydrogen-bond donors (Lipinski definition) is 1. The van der Waals surface area contributed by atoms with E-state index in [0.717, 1.165) is 25.3 Å². The lowest BCUT2D eigenvalue weighted by atomic mass is 10.1. The fourth-order valence-corrected chi connectivity index (χ4v) is 2.43. The summed E-state index contributed by atoms with van der Waals surface area (Å²) in [5.41, 5.74) is 4.94. The lowest BCUT2D eigenvalue weighted by Gasteiger charge is -2.23. The molecule has 1 aliphatic heterocycles. The topological polar surface area (TPSA) is 46.3 Å². The van der Waals surface area contributed by atoms with E-state index < -0.39 is 11.7 Å². The summed E-state index contributed by atoms with van der Waals surface area (Å²) in [6, 6.07) is 3.93. The molecule has 1 heterocycles. The van der Waals surface area contributed by atoms with Gasteiger partial charge in [0, 0.05) is 25.2 Å². The second-order valence-electron chi connectivity index (χ2n) is 4.90. The first kappa shape index (κ1) is 14.8. The average Bonchev–Trinajstić information content (AvgIpc) is 2.62. The van der Waals surface area contributed by atoms with E-state index in [4.69, 9.17) is 5.73 Å².